The molecule has 0 N–H and O–H groups in total. The Morgan fingerprint density at radius 3 is 2.62 bits per heavy atom. The van der Waals surface area contributed by atoms with Gasteiger partial charge in [0.15, 0.2) is 18.6 Å². The van der Waals surface area contributed by atoms with Crippen molar-refractivity contribution in [2.24, 2.45) is 0 Å². The highest BCUT2D eigenvalue weighted by molar-refractivity contribution is 6.02. The second kappa shape index (κ2) is 6.33. The van der Waals surface area contributed by atoms with Crippen molar-refractivity contribution in [3.05, 3.63) is 70.4 Å². The van der Waals surface area contributed by atoms with Crippen LogP contribution >= 0.6 is 0 Å². The summed E-state index contributed by atoms with van der Waals surface area (Å²) in [4.78, 5) is 33.9. The van der Waals surface area contributed by atoms with Crippen molar-refractivity contribution >= 4 is 28.8 Å². The van der Waals surface area contributed by atoms with Crippen molar-refractivity contribution in [1.82, 2.24) is 4.57 Å². The fourth-order valence-electron chi connectivity index (χ4n) is 2.45. The quantitative estimate of drug-likeness (QED) is 0.408. The highest BCUT2D eigenvalue weighted by atomic mass is 16.6. The van der Waals surface area contributed by atoms with E-state index < -0.39 is 10.8 Å². The number of carbonyl (C=O) groups excluding carboxylic acids is 2. The molecule has 0 saturated carbocycles. The van der Waals surface area contributed by atoms with Crippen LogP contribution in [0.15, 0.2) is 54.7 Å². The minimum absolute atomic E-state index is 0.0166. The first-order chi connectivity index (χ1) is 11.6. The molecule has 1 heterocycles. The van der Waals surface area contributed by atoms with Crippen molar-refractivity contribution in [3.8, 4) is 5.75 Å². The SMILES string of the molecule is O=Cc1cn(C(=O)COc2ccccc2[N+](=O)[O-])c2ccccc12. The van der Waals surface area contributed by atoms with Gasteiger partial charge in [0.2, 0.25) is 0 Å². The average Bonchev–Trinajstić information content (AvgIpc) is 2.99. The molecule has 3 rings (SSSR count). The molecule has 0 atom stereocenters. The second-order valence-electron chi connectivity index (χ2n) is 5.00. The number of nitro benzene ring substituents is 1. The summed E-state index contributed by atoms with van der Waals surface area (Å²) in [6.45, 7) is -0.387. The first-order valence-electron chi connectivity index (χ1n) is 7.06. The lowest BCUT2D eigenvalue weighted by Crippen LogP contribution is -2.18. The third-order valence-electron chi connectivity index (χ3n) is 3.55. The summed E-state index contributed by atoms with van der Waals surface area (Å²) in [5.41, 5.74) is 0.761. The van der Waals surface area contributed by atoms with Gasteiger partial charge in [0.05, 0.1) is 10.4 Å². The van der Waals surface area contributed by atoms with Gasteiger partial charge in [-0.15, -0.1) is 0 Å². The van der Waals surface area contributed by atoms with Crippen molar-refractivity contribution < 1.29 is 19.2 Å². The van der Waals surface area contributed by atoms with Crippen molar-refractivity contribution in [2.45, 2.75) is 0 Å². The van der Waals surface area contributed by atoms with Crippen molar-refractivity contribution in [1.29, 1.82) is 0 Å². The first kappa shape index (κ1) is 15.4. The number of rotatable bonds is 5. The molecule has 0 amide bonds. The number of ether oxygens (including phenoxy) is 1. The highest BCUT2D eigenvalue weighted by Gasteiger charge is 2.17. The van der Waals surface area contributed by atoms with Gasteiger partial charge in [-0.1, -0.05) is 30.3 Å². The summed E-state index contributed by atoms with van der Waals surface area (Å²) in [5.74, 6) is -0.416. The molecule has 7 nitrogen and oxygen atoms in total. The van der Waals surface area contributed by atoms with Crippen LogP contribution in [0.3, 0.4) is 0 Å². The third-order valence-corrected chi connectivity index (χ3v) is 3.55. The summed E-state index contributed by atoms with van der Waals surface area (Å²) in [5, 5.41) is 11.6. The van der Waals surface area contributed by atoms with E-state index >= 15 is 0 Å². The Kier molecular flexibility index (Phi) is 4.07. The van der Waals surface area contributed by atoms with E-state index in [2.05, 4.69) is 0 Å². The van der Waals surface area contributed by atoms with E-state index in [1.54, 1.807) is 30.3 Å². The third kappa shape index (κ3) is 2.74. The zero-order chi connectivity index (χ0) is 17.1. The van der Waals surface area contributed by atoms with E-state index in [0.29, 0.717) is 22.8 Å². The molecule has 0 unspecified atom stereocenters. The van der Waals surface area contributed by atoms with Crippen LogP contribution in [-0.4, -0.2) is 28.3 Å². The minimum Gasteiger partial charge on any atom is -0.477 e. The standard InChI is InChI=1S/C17H12N2O5/c20-10-12-9-18(14-6-2-1-5-13(12)14)17(21)11-24-16-8-4-3-7-15(16)19(22)23/h1-10H,11H2. The number of aromatic nitrogens is 1. The minimum atomic E-state index is -0.574. The van der Waals surface area contributed by atoms with E-state index in [9.17, 15) is 19.7 Å². The fraction of sp³-hybridized carbons (Fsp3) is 0.0588. The van der Waals surface area contributed by atoms with Crippen LogP contribution in [0.4, 0.5) is 5.69 Å². The lowest BCUT2D eigenvalue weighted by Gasteiger charge is -2.07. The van der Waals surface area contributed by atoms with Crippen molar-refractivity contribution in [2.75, 3.05) is 6.61 Å². The van der Waals surface area contributed by atoms with Gasteiger partial charge in [0.1, 0.15) is 0 Å². The number of para-hydroxylation sites is 3. The molecule has 0 aliphatic carbocycles. The van der Waals surface area contributed by atoms with Crippen LogP contribution in [0.1, 0.15) is 15.2 Å². The summed E-state index contributed by atoms with van der Waals surface area (Å²) < 4.78 is 6.62. The topological polar surface area (TPSA) is 91.4 Å². The smallest absolute Gasteiger partial charge is 0.310 e. The Balaban J connectivity index is 1.87. The van der Waals surface area contributed by atoms with Gasteiger partial charge in [-0.25, -0.2) is 0 Å². The molecule has 0 aliphatic heterocycles. The molecule has 24 heavy (non-hydrogen) atoms. The number of aldehydes is 1. The zero-order valence-corrected chi connectivity index (χ0v) is 12.4. The molecule has 1 aromatic heterocycles. The summed E-state index contributed by atoms with van der Waals surface area (Å²) in [7, 11) is 0. The Hall–Kier alpha value is -3.48. The van der Waals surface area contributed by atoms with Crippen LogP contribution in [0.2, 0.25) is 0 Å². The molecule has 7 heteroatoms. The lowest BCUT2D eigenvalue weighted by molar-refractivity contribution is -0.385. The number of benzene rings is 2. The molecule has 0 fully saturated rings. The van der Waals surface area contributed by atoms with Crippen LogP contribution in [0.5, 0.6) is 5.75 Å². The Bertz CT molecular complexity index is 945. The maximum Gasteiger partial charge on any atom is 0.310 e. The summed E-state index contributed by atoms with van der Waals surface area (Å²) >= 11 is 0. The zero-order valence-electron chi connectivity index (χ0n) is 12.4. The molecule has 0 saturated heterocycles. The van der Waals surface area contributed by atoms with Crippen LogP contribution in [0.25, 0.3) is 10.9 Å². The maximum atomic E-state index is 12.4. The van der Waals surface area contributed by atoms with E-state index in [0.717, 1.165) is 0 Å². The normalized spacial score (nSPS) is 10.5. The fourth-order valence-corrected chi connectivity index (χ4v) is 2.45. The Morgan fingerprint density at radius 1 is 1.17 bits per heavy atom. The number of fused-ring (bicyclic) bond motifs is 1. The van der Waals surface area contributed by atoms with Gasteiger partial charge in [0, 0.05) is 23.2 Å². The monoisotopic (exact) mass is 324 g/mol. The largest absolute Gasteiger partial charge is 0.477 e. The molecule has 3 aromatic rings. The molecule has 0 spiro atoms. The highest BCUT2D eigenvalue weighted by Crippen LogP contribution is 2.26. The van der Waals surface area contributed by atoms with Crippen molar-refractivity contribution in [3.63, 3.8) is 0 Å². The maximum absolute atomic E-state index is 12.4. The molecule has 0 bridgehead atoms. The summed E-state index contributed by atoms with van der Waals surface area (Å²) in [6.07, 6.45) is 2.11. The predicted octanol–water partition coefficient (Wildman–Crippen LogP) is 3.08. The summed E-state index contributed by atoms with van der Waals surface area (Å²) in [6, 6.07) is 12.8. The van der Waals surface area contributed by atoms with E-state index in [1.165, 1.54) is 29.0 Å². The molecule has 0 aliphatic rings. The second-order valence-corrected chi connectivity index (χ2v) is 5.00. The van der Waals surface area contributed by atoms with E-state index in [1.807, 2.05) is 0 Å². The number of nitro groups is 1. The molecule has 0 radical (unpaired) electrons. The van der Waals surface area contributed by atoms with E-state index in [-0.39, 0.29) is 18.0 Å². The first-order valence-corrected chi connectivity index (χ1v) is 7.06. The lowest BCUT2D eigenvalue weighted by atomic mass is 10.2. The van der Waals surface area contributed by atoms with Gasteiger partial charge >= 0.3 is 5.69 Å². The molecule has 120 valence electrons. The number of hydrogen-bond acceptors (Lipinski definition) is 5. The number of nitrogens with zero attached hydrogens (tertiary/aromatic N) is 2. The van der Waals surface area contributed by atoms with Gasteiger partial charge in [-0.3, -0.25) is 24.3 Å². The number of carbonyl (C=O) groups is 2. The van der Waals surface area contributed by atoms with Gasteiger partial charge < -0.3 is 4.74 Å². The van der Waals surface area contributed by atoms with Crippen LogP contribution in [-0.2, 0) is 0 Å². The predicted molar refractivity (Wildman–Crippen MR) is 86.5 cm³/mol. The average molecular weight is 324 g/mol. The van der Waals surface area contributed by atoms with E-state index in [4.69, 9.17) is 4.74 Å². The number of hydrogen-bond donors (Lipinski definition) is 0. The molecular weight excluding hydrogens is 312 g/mol. The Labute approximate surface area is 136 Å². The van der Waals surface area contributed by atoms with Crippen LogP contribution < -0.4 is 4.74 Å². The van der Waals surface area contributed by atoms with Gasteiger partial charge in [-0.2, -0.15) is 0 Å². The molecular formula is C17H12N2O5. The Morgan fingerprint density at radius 2 is 1.88 bits per heavy atom. The van der Waals surface area contributed by atoms with Gasteiger partial charge in [-0.05, 0) is 12.1 Å². The van der Waals surface area contributed by atoms with Gasteiger partial charge in [0.25, 0.3) is 5.91 Å². The van der Waals surface area contributed by atoms with Crippen LogP contribution in [0, 0.1) is 10.1 Å². The molecule has 2 aromatic carbocycles.